The lowest BCUT2D eigenvalue weighted by Gasteiger charge is -2.17. The molecule has 0 aliphatic carbocycles. The number of aliphatic imine (C=N–C) groups is 1. The highest BCUT2D eigenvalue weighted by Gasteiger charge is 2.35. The van der Waals surface area contributed by atoms with E-state index in [9.17, 15) is 4.79 Å². The van der Waals surface area contributed by atoms with E-state index in [0.717, 1.165) is 27.8 Å². The lowest BCUT2D eigenvalue weighted by atomic mass is 10.0. The van der Waals surface area contributed by atoms with E-state index in [1.54, 1.807) is 30.2 Å². The van der Waals surface area contributed by atoms with Gasteiger partial charge < -0.3 is 9.47 Å². The SMILES string of the molecule is C=CCc1cc(/C=C2/SC(=Nc3ccc(C)c(Cl)c3)N(c3ccc(C)c(Cl)c3)C2=O)cc(OC)c1OCc1ccccc1Cl. The van der Waals surface area contributed by atoms with Gasteiger partial charge in [-0.15, -0.1) is 6.58 Å². The fourth-order valence-electron chi connectivity index (χ4n) is 4.57. The monoisotopic (exact) mass is 662 g/mol. The molecule has 0 atom stereocenters. The Morgan fingerprint density at radius 3 is 2.32 bits per heavy atom. The van der Waals surface area contributed by atoms with E-state index < -0.39 is 0 Å². The Balaban J connectivity index is 1.54. The number of hydrogen-bond acceptors (Lipinski definition) is 5. The fourth-order valence-corrected chi connectivity index (χ4v) is 6.11. The Bertz CT molecular complexity index is 1820. The van der Waals surface area contributed by atoms with Gasteiger partial charge in [-0.2, -0.15) is 0 Å². The summed E-state index contributed by atoms with van der Waals surface area (Å²) in [6.45, 7) is 8.03. The average molecular weight is 664 g/mol. The van der Waals surface area contributed by atoms with E-state index in [1.165, 1.54) is 11.8 Å². The second-order valence-electron chi connectivity index (χ2n) is 10.1. The molecule has 5 rings (SSSR count). The van der Waals surface area contributed by atoms with Gasteiger partial charge >= 0.3 is 0 Å². The first-order valence-corrected chi connectivity index (χ1v) is 15.7. The molecule has 1 fully saturated rings. The molecule has 44 heavy (non-hydrogen) atoms. The number of benzene rings is 4. The topological polar surface area (TPSA) is 51.1 Å². The Morgan fingerprint density at radius 2 is 1.64 bits per heavy atom. The third-order valence-electron chi connectivity index (χ3n) is 6.97. The molecule has 0 unspecified atom stereocenters. The highest BCUT2D eigenvalue weighted by Crippen LogP contribution is 2.41. The summed E-state index contributed by atoms with van der Waals surface area (Å²) in [5, 5.41) is 2.26. The molecule has 0 aromatic heterocycles. The van der Waals surface area contributed by atoms with Gasteiger partial charge in [-0.3, -0.25) is 9.69 Å². The standard InChI is InChI=1S/C35H29Cl3N2O3S/c1-5-8-24-15-23(16-31(42-4)33(24)43-20-25-9-6-7-10-28(25)36)17-32-34(41)40(27-14-12-22(3)30(38)19-27)35(44-32)39-26-13-11-21(2)29(37)18-26/h5-7,9-19H,1,8,20H2,2-4H3/b32-17+,39-35?. The van der Waals surface area contributed by atoms with E-state index in [2.05, 4.69) is 6.58 Å². The molecule has 4 aromatic carbocycles. The number of amides is 1. The van der Waals surface area contributed by atoms with Crippen LogP contribution in [0.1, 0.15) is 27.8 Å². The number of hydrogen-bond donors (Lipinski definition) is 0. The third-order valence-corrected chi connectivity index (χ3v) is 9.12. The van der Waals surface area contributed by atoms with Crippen molar-refractivity contribution in [1.82, 2.24) is 0 Å². The molecule has 224 valence electrons. The minimum Gasteiger partial charge on any atom is -0.493 e. The summed E-state index contributed by atoms with van der Waals surface area (Å²) < 4.78 is 12.0. The number of carbonyl (C=O) groups excluding carboxylic acids is 1. The molecule has 1 saturated heterocycles. The van der Waals surface area contributed by atoms with Crippen molar-refractivity contribution in [3.05, 3.63) is 133 Å². The number of amidine groups is 1. The van der Waals surface area contributed by atoms with Crippen LogP contribution in [0, 0.1) is 13.8 Å². The van der Waals surface area contributed by atoms with E-state index in [4.69, 9.17) is 49.3 Å². The molecule has 1 heterocycles. The molecular formula is C35H29Cl3N2O3S. The van der Waals surface area contributed by atoms with Crippen LogP contribution in [0.4, 0.5) is 11.4 Å². The van der Waals surface area contributed by atoms with Gasteiger partial charge in [-0.25, -0.2) is 4.99 Å². The molecule has 0 N–H and O–H groups in total. The van der Waals surface area contributed by atoms with E-state index in [1.807, 2.05) is 80.6 Å². The van der Waals surface area contributed by atoms with Gasteiger partial charge in [0.05, 0.1) is 23.4 Å². The molecule has 1 amide bonds. The number of rotatable bonds is 9. The number of nitrogens with zero attached hydrogens (tertiary/aromatic N) is 2. The molecule has 0 radical (unpaired) electrons. The van der Waals surface area contributed by atoms with Crippen LogP contribution in [0.5, 0.6) is 11.5 Å². The van der Waals surface area contributed by atoms with Crippen LogP contribution in [0.3, 0.4) is 0 Å². The lowest BCUT2D eigenvalue weighted by Crippen LogP contribution is -2.28. The normalized spacial score (nSPS) is 14.9. The highest BCUT2D eigenvalue weighted by atomic mass is 35.5. The van der Waals surface area contributed by atoms with Crippen LogP contribution in [-0.2, 0) is 17.8 Å². The first-order chi connectivity index (χ1) is 21.2. The van der Waals surface area contributed by atoms with Crippen molar-refractivity contribution in [2.45, 2.75) is 26.9 Å². The number of halogens is 3. The summed E-state index contributed by atoms with van der Waals surface area (Å²) >= 11 is 20.5. The van der Waals surface area contributed by atoms with Crippen LogP contribution in [-0.4, -0.2) is 18.2 Å². The average Bonchev–Trinajstić information content (AvgIpc) is 3.30. The number of thioether (sulfide) groups is 1. The molecule has 1 aliphatic rings. The maximum absolute atomic E-state index is 14.0. The first-order valence-electron chi connectivity index (χ1n) is 13.7. The van der Waals surface area contributed by atoms with Crippen LogP contribution in [0.2, 0.25) is 15.1 Å². The van der Waals surface area contributed by atoms with Crippen LogP contribution in [0.25, 0.3) is 6.08 Å². The van der Waals surface area contributed by atoms with Crippen LogP contribution >= 0.6 is 46.6 Å². The number of anilines is 1. The summed E-state index contributed by atoms with van der Waals surface area (Å²) in [5.41, 5.74) is 5.59. The predicted molar refractivity (Wildman–Crippen MR) is 185 cm³/mol. The molecular weight excluding hydrogens is 635 g/mol. The number of aryl methyl sites for hydroxylation is 2. The molecule has 4 aromatic rings. The number of ether oxygens (including phenoxy) is 2. The highest BCUT2D eigenvalue weighted by molar-refractivity contribution is 8.19. The zero-order valence-electron chi connectivity index (χ0n) is 24.4. The Morgan fingerprint density at radius 1 is 0.909 bits per heavy atom. The molecule has 0 spiro atoms. The quantitative estimate of drug-likeness (QED) is 0.132. The number of carbonyl (C=O) groups is 1. The zero-order chi connectivity index (χ0) is 31.4. The Hall–Kier alpha value is -3.68. The maximum atomic E-state index is 14.0. The van der Waals surface area contributed by atoms with Crippen LogP contribution in [0.15, 0.2) is 95.3 Å². The van der Waals surface area contributed by atoms with Crippen molar-refractivity contribution in [3.8, 4) is 11.5 Å². The van der Waals surface area contributed by atoms with E-state index >= 15 is 0 Å². The smallest absolute Gasteiger partial charge is 0.271 e. The van der Waals surface area contributed by atoms with Crippen molar-refractivity contribution in [2.24, 2.45) is 4.99 Å². The lowest BCUT2D eigenvalue weighted by molar-refractivity contribution is -0.113. The minimum atomic E-state index is -0.227. The van der Waals surface area contributed by atoms with Gasteiger partial charge in [0.1, 0.15) is 6.61 Å². The largest absolute Gasteiger partial charge is 0.493 e. The van der Waals surface area contributed by atoms with Crippen molar-refractivity contribution < 1.29 is 14.3 Å². The van der Waals surface area contributed by atoms with Crippen molar-refractivity contribution in [3.63, 3.8) is 0 Å². The van der Waals surface area contributed by atoms with Gasteiger partial charge in [-0.1, -0.05) is 71.2 Å². The van der Waals surface area contributed by atoms with E-state index in [0.29, 0.717) is 54.4 Å². The summed E-state index contributed by atoms with van der Waals surface area (Å²) in [5.74, 6) is 0.897. The molecule has 5 nitrogen and oxygen atoms in total. The minimum absolute atomic E-state index is 0.227. The number of allylic oxidation sites excluding steroid dienone is 1. The first kappa shape index (κ1) is 31.7. The summed E-state index contributed by atoms with van der Waals surface area (Å²) in [4.78, 5) is 20.8. The Labute approximate surface area is 276 Å². The fraction of sp³-hybridized carbons (Fsp3) is 0.143. The molecule has 0 saturated carbocycles. The van der Waals surface area contributed by atoms with Gasteiger partial charge in [0.2, 0.25) is 0 Å². The molecule has 0 bridgehead atoms. The van der Waals surface area contributed by atoms with Crippen LogP contribution < -0.4 is 14.4 Å². The second kappa shape index (κ2) is 14.0. The van der Waals surface area contributed by atoms with Crippen molar-refractivity contribution in [2.75, 3.05) is 12.0 Å². The predicted octanol–water partition coefficient (Wildman–Crippen LogP) is 10.4. The summed E-state index contributed by atoms with van der Waals surface area (Å²) in [6, 6.07) is 22.4. The maximum Gasteiger partial charge on any atom is 0.271 e. The van der Waals surface area contributed by atoms with E-state index in [-0.39, 0.29) is 12.5 Å². The number of methoxy groups -OCH3 is 1. The van der Waals surface area contributed by atoms with Gasteiger partial charge in [0, 0.05) is 26.2 Å². The summed E-state index contributed by atoms with van der Waals surface area (Å²) in [7, 11) is 1.59. The Kier molecular flexibility index (Phi) is 10.1. The molecule has 1 aliphatic heterocycles. The summed E-state index contributed by atoms with van der Waals surface area (Å²) in [6.07, 6.45) is 4.15. The van der Waals surface area contributed by atoms with Gasteiger partial charge in [0.25, 0.3) is 5.91 Å². The molecule has 9 heteroatoms. The van der Waals surface area contributed by atoms with Crippen molar-refractivity contribution in [1.29, 1.82) is 0 Å². The van der Waals surface area contributed by atoms with Crippen molar-refractivity contribution >= 4 is 75.1 Å². The zero-order valence-corrected chi connectivity index (χ0v) is 27.4. The third kappa shape index (κ3) is 7.00. The van der Waals surface area contributed by atoms with Gasteiger partial charge in [0.15, 0.2) is 16.7 Å². The van der Waals surface area contributed by atoms with Gasteiger partial charge in [-0.05, 0) is 97.3 Å². The second-order valence-corrected chi connectivity index (χ2v) is 12.3.